The molecule has 2 aliphatic heterocycles. The first kappa shape index (κ1) is 27.8. The first-order chi connectivity index (χ1) is 19.3. The van der Waals surface area contributed by atoms with E-state index < -0.39 is 12.3 Å². The number of benzene rings is 1. The molecular formula is C29H34F2N6O3. The van der Waals surface area contributed by atoms with Crippen LogP contribution in [0.3, 0.4) is 0 Å². The van der Waals surface area contributed by atoms with Gasteiger partial charge in [-0.2, -0.15) is 8.78 Å². The summed E-state index contributed by atoms with van der Waals surface area (Å²) in [4.78, 5) is 40.4. The van der Waals surface area contributed by atoms with Gasteiger partial charge in [0, 0.05) is 63.5 Å². The standard InChI is InChI=1S/C29H34F2N6O3/c1-18-17-37(29(39)27(30)31)13-14-40-25(18)16-34-28-26-24(32-9-10-33-26)15-23(35-28)22-5-3-20(4-6-22)21-7-11-36(12-8-21)19(2)38/h3-6,9-10,15,18,21,25,27H,7-8,11-14,16-17H2,1-2H3,(H,34,35). The zero-order valence-corrected chi connectivity index (χ0v) is 22.7. The van der Waals surface area contributed by atoms with Crippen LogP contribution in [0.25, 0.3) is 22.3 Å². The van der Waals surface area contributed by atoms with Crippen LogP contribution < -0.4 is 5.32 Å². The highest BCUT2D eigenvalue weighted by molar-refractivity contribution is 5.88. The molecule has 212 valence electrons. The molecule has 5 rings (SSSR count). The zero-order chi connectivity index (χ0) is 28.2. The van der Waals surface area contributed by atoms with Crippen LogP contribution in [0.2, 0.25) is 0 Å². The minimum atomic E-state index is -3.02. The molecule has 2 saturated heterocycles. The van der Waals surface area contributed by atoms with Gasteiger partial charge in [-0.05, 0) is 30.4 Å². The third-order valence-electron chi connectivity index (χ3n) is 7.88. The van der Waals surface area contributed by atoms with Gasteiger partial charge in [0.15, 0.2) is 5.82 Å². The Morgan fingerprint density at radius 1 is 1.07 bits per heavy atom. The second kappa shape index (κ2) is 12.2. The zero-order valence-electron chi connectivity index (χ0n) is 22.7. The largest absolute Gasteiger partial charge is 0.374 e. The lowest BCUT2D eigenvalue weighted by atomic mass is 9.89. The predicted molar refractivity (Wildman–Crippen MR) is 147 cm³/mol. The molecule has 2 fully saturated rings. The number of alkyl halides is 2. The summed E-state index contributed by atoms with van der Waals surface area (Å²) in [5, 5.41) is 3.35. The Kier molecular flexibility index (Phi) is 8.49. The Morgan fingerprint density at radius 3 is 2.50 bits per heavy atom. The van der Waals surface area contributed by atoms with Crippen molar-refractivity contribution in [2.45, 2.75) is 45.1 Å². The van der Waals surface area contributed by atoms with Crippen LogP contribution in [0, 0.1) is 5.92 Å². The fourth-order valence-electron chi connectivity index (χ4n) is 5.53. The van der Waals surface area contributed by atoms with Crippen LogP contribution in [0.1, 0.15) is 38.2 Å². The number of anilines is 1. The Bertz CT molecular complexity index is 1350. The van der Waals surface area contributed by atoms with Crippen LogP contribution in [-0.2, 0) is 14.3 Å². The van der Waals surface area contributed by atoms with E-state index in [1.165, 1.54) is 10.5 Å². The smallest absolute Gasteiger partial charge is 0.315 e. The number of aromatic nitrogens is 3. The van der Waals surface area contributed by atoms with E-state index in [1.54, 1.807) is 19.3 Å². The number of carbonyl (C=O) groups excluding carboxylic acids is 2. The minimum absolute atomic E-state index is 0.132. The van der Waals surface area contributed by atoms with Crippen molar-refractivity contribution in [1.29, 1.82) is 0 Å². The number of nitrogens with one attached hydrogen (secondary N) is 1. The molecule has 2 aliphatic rings. The van der Waals surface area contributed by atoms with Crippen LogP contribution in [0.15, 0.2) is 42.7 Å². The van der Waals surface area contributed by atoms with Crippen LogP contribution in [0.5, 0.6) is 0 Å². The quantitative estimate of drug-likeness (QED) is 0.494. The maximum atomic E-state index is 12.9. The molecule has 2 unspecified atom stereocenters. The molecule has 0 spiro atoms. The molecule has 0 saturated carbocycles. The van der Waals surface area contributed by atoms with Gasteiger partial charge in [-0.1, -0.05) is 31.2 Å². The van der Waals surface area contributed by atoms with Gasteiger partial charge >= 0.3 is 6.43 Å². The fraction of sp³-hybridized carbons (Fsp3) is 0.483. The molecular weight excluding hydrogens is 518 g/mol. The Balaban J connectivity index is 1.31. The summed E-state index contributed by atoms with van der Waals surface area (Å²) in [5.74, 6) is -0.208. The summed E-state index contributed by atoms with van der Waals surface area (Å²) in [6, 6.07) is 10.3. The molecule has 0 aliphatic carbocycles. The summed E-state index contributed by atoms with van der Waals surface area (Å²) in [5.41, 5.74) is 4.26. The molecule has 11 heteroatoms. The Labute approximate surface area is 231 Å². The van der Waals surface area contributed by atoms with Gasteiger partial charge < -0.3 is 19.9 Å². The molecule has 0 radical (unpaired) electrons. The number of fused-ring (bicyclic) bond motifs is 1. The highest BCUT2D eigenvalue weighted by Gasteiger charge is 2.31. The number of amides is 2. The number of likely N-dealkylation sites (tertiary alicyclic amines) is 1. The molecule has 40 heavy (non-hydrogen) atoms. The number of ether oxygens (including phenoxy) is 1. The van der Waals surface area contributed by atoms with Gasteiger partial charge in [0.05, 0.1) is 23.9 Å². The maximum absolute atomic E-state index is 12.9. The molecule has 3 aromatic rings. The minimum Gasteiger partial charge on any atom is -0.374 e. The fourth-order valence-corrected chi connectivity index (χ4v) is 5.53. The number of rotatable bonds is 6. The lowest BCUT2D eigenvalue weighted by molar-refractivity contribution is -0.143. The summed E-state index contributed by atoms with van der Waals surface area (Å²) in [7, 11) is 0. The topological polar surface area (TPSA) is 101 Å². The van der Waals surface area contributed by atoms with Crippen molar-refractivity contribution >= 4 is 28.7 Å². The average Bonchev–Trinajstić information content (AvgIpc) is 3.16. The SMILES string of the molecule is CC(=O)N1CCC(c2ccc(-c3cc4nccnc4c(NCC4OCCN(C(=O)C(F)F)CC4C)n3)cc2)CC1. The lowest BCUT2D eigenvalue weighted by Gasteiger charge is -2.31. The molecule has 2 atom stereocenters. The molecule has 2 amide bonds. The van der Waals surface area contributed by atoms with Gasteiger partial charge in [0.25, 0.3) is 5.91 Å². The normalized spacial score (nSPS) is 20.5. The second-order valence-corrected chi connectivity index (χ2v) is 10.5. The van der Waals surface area contributed by atoms with Gasteiger partial charge in [-0.25, -0.2) is 9.97 Å². The van der Waals surface area contributed by atoms with E-state index in [2.05, 4.69) is 39.6 Å². The van der Waals surface area contributed by atoms with Crippen molar-refractivity contribution < 1.29 is 23.1 Å². The van der Waals surface area contributed by atoms with Crippen molar-refractivity contribution in [2.75, 3.05) is 44.6 Å². The van der Waals surface area contributed by atoms with E-state index >= 15 is 0 Å². The highest BCUT2D eigenvalue weighted by atomic mass is 19.3. The van der Waals surface area contributed by atoms with Crippen molar-refractivity contribution in [1.82, 2.24) is 24.8 Å². The molecule has 1 N–H and O–H groups in total. The second-order valence-electron chi connectivity index (χ2n) is 10.5. The number of hydrogen-bond acceptors (Lipinski definition) is 7. The van der Waals surface area contributed by atoms with Crippen LogP contribution in [-0.4, -0.2) is 88.4 Å². The summed E-state index contributed by atoms with van der Waals surface area (Å²) < 4.78 is 31.8. The Morgan fingerprint density at radius 2 is 1.80 bits per heavy atom. The molecule has 0 bridgehead atoms. The third kappa shape index (κ3) is 6.19. The summed E-state index contributed by atoms with van der Waals surface area (Å²) >= 11 is 0. The summed E-state index contributed by atoms with van der Waals surface area (Å²) in [6.45, 7) is 5.96. The van der Waals surface area contributed by atoms with Gasteiger partial charge in [-0.3, -0.25) is 14.6 Å². The van der Waals surface area contributed by atoms with Gasteiger partial charge in [0.1, 0.15) is 5.52 Å². The average molecular weight is 553 g/mol. The molecule has 2 aromatic heterocycles. The molecule has 9 nitrogen and oxygen atoms in total. The maximum Gasteiger partial charge on any atom is 0.315 e. The number of pyridine rings is 1. The molecule has 4 heterocycles. The van der Waals surface area contributed by atoms with E-state index in [9.17, 15) is 18.4 Å². The number of nitrogens with zero attached hydrogens (tertiary/aromatic N) is 5. The molecule has 1 aromatic carbocycles. The van der Waals surface area contributed by atoms with Crippen molar-refractivity contribution in [3.8, 4) is 11.3 Å². The number of hydrogen-bond donors (Lipinski definition) is 1. The van der Waals surface area contributed by atoms with E-state index in [0.717, 1.165) is 37.2 Å². The van der Waals surface area contributed by atoms with E-state index in [0.29, 0.717) is 29.3 Å². The Hall–Kier alpha value is -3.73. The van der Waals surface area contributed by atoms with Crippen molar-refractivity contribution in [3.05, 3.63) is 48.3 Å². The van der Waals surface area contributed by atoms with E-state index in [1.807, 2.05) is 17.9 Å². The monoisotopic (exact) mass is 552 g/mol. The van der Waals surface area contributed by atoms with Crippen LogP contribution >= 0.6 is 0 Å². The van der Waals surface area contributed by atoms with E-state index in [4.69, 9.17) is 9.72 Å². The number of carbonyl (C=O) groups is 2. The first-order valence-electron chi connectivity index (χ1n) is 13.7. The van der Waals surface area contributed by atoms with Crippen molar-refractivity contribution in [3.63, 3.8) is 0 Å². The van der Waals surface area contributed by atoms with E-state index in [-0.39, 0.29) is 37.6 Å². The number of halogens is 2. The number of piperidine rings is 1. The lowest BCUT2D eigenvalue weighted by Crippen LogP contribution is -2.40. The highest BCUT2D eigenvalue weighted by Crippen LogP contribution is 2.31. The third-order valence-corrected chi connectivity index (χ3v) is 7.88. The predicted octanol–water partition coefficient (Wildman–Crippen LogP) is 3.96. The summed E-state index contributed by atoms with van der Waals surface area (Å²) in [6.07, 6.45) is 1.82. The first-order valence-corrected chi connectivity index (χ1v) is 13.7. The van der Waals surface area contributed by atoms with Gasteiger partial charge in [0.2, 0.25) is 5.91 Å². The van der Waals surface area contributed by atoms with Gasteiger partial charge in [-0.15, -0.1) is 0 Å². The van der Waals surface area contributed by atoms with Crippen LogP contribution in [0.4, 0.5) is 14.6 Å². The van der Waals surface area contributed by atoms with Crippen molar-refractivity contribution in [2.24, 2.45) is 5.92 Å².